The quantitative estimate of drug-likeness (QED) is 0.800. The SMILES string of the molecule is Cc1ccc(C(=O)NC2C[C@@H]3CCC[C@@H](C2)N3C(=O)Nc2cccc(C)c2)cc1. The van der Waals surface area contributed by atoms with Crippen molar-refractivity contribution in [1.82, 2.24) is 10.2 Å². The summed E-state index contributed by atoms with van der Waals surface area (Å²) < 4.78 is 0. The highest BCUT2D eigenvalue weighted by molar-refractivity contribution is 5.94. The molecule has 5 nitrogen and oxygen atoms in total. The average Bonchev–Trinajstić information content (AvgIpc) is 2.67. The maximum Gasteiger partial charge on any atom is 0.322 e. The summed E-state index contributed by atoms with van der Waals surface area (Å²) in [4.78, 5) is 27.7. The molecule has 2 heterocycles. The molecule has 2 saturated heterocycles. The van der Waals surface area contributed by atoms with Gasteiger partial charge in [0.25, 0.3) is 5.91 Å². The number of fused-ring (bicyclic) bond motifs is 2. The van der Waals surface area contributed by atoms with E-state index >= 15 is 0 Å². The molecular weight excluding hydrogens is 362 g/mol. The monoisotopic (exact) mass is 391 g/mol. The van der Waals surface area contributed by atoms with Crippen LogP contribution in [0.2, 0.25) is 0 Å². The van der Waals surface area contributed by atoms with Gasteiger partial charge in [0.2, 0.25) is 0 Å². The zero-order chi connectivity index (χ0) is 20.4. The largest absolute Gasteiger partial charge is 0.349 e. The molecule has 0 radical (unpaired) electrons. The highest BCUT2D eigenvalue weighted by Gasteiger charge is 2.41. The first kappa shape index (κ1) is 19.5. The second kappa shape index (κ2) is 8.27. The number of carbonyl (C=O) groups excluding carboxylic acids is 2. The van der Waals surface area contributed by atoms with Crippen LogP contribution in [0.15, 0.2) is 48.5 Å². The summed E-state index contributed by atoms with van der Waals surface area (Å²) in [6.07, 6.45) is 4.76. The summed E-state index contributed by atoms with van der Waals surface area (Å²) in [5.41, 5.74) is 3.80. The van der Waals surface area contributed by atoms with E-state index in [0.717, 1.165) is 48.9 Å². The Morgan fingerprint density at radius 2 is 1.62 bits per heavy atom. The molecular formula is C24H29N3O2. The van der Waals surface area contributed by atoms with E-state index < -0.39 is 0 Å². The highest BCUT2D eigenvalue weighted by atomic mass is 16.2. The predicted octanol–water partition coefficient (Wildman–Crippen LogP) is 4.65. The van der Waals surface area contributed by atoms with Gasteiger partial charge >= 0.3 is 6.03 Å². The van der Waals surface area contributed by atoms with Crippen LogP contribution in [0.5, 0.6) is 0 Å². The number of benzene rings is 2. The minimum absolute atomic E-state index is 0.0198. The summed E-state index contributed by atoms with van der Waals surface area (Å²) in [7, 11) is 0. The van der Waals surface area contributed by atoms with Crippen molar-refractivity contribution in [3.63, 3.8) is 0 Å². The van der Waals surface area contributed by atoms with Crippen molar-refractivity contribution in [1.29, 1.82) is 0 Å². The molecule has 2 aromatic rings. The Morgan fingerprint density at radius 3 is 2.28 bits per heavy atom. The van der Waals surface area contributed by atoms with Crippen molar-refractivity contribution in [3.05, 3.63) is 65.2 Å². The van der Waals surface area contributed by atoms with Crippen LogP contribution in [0, 0.1) is 13.8 Å². The maximum absolute atomic E-state index is 13.0. The van der Waals surface area contributed by atoms with Crippen molar-refractivity contribution in [3.8, 4) is 0 Å². The minimum Gasteiger partial charge on any atom is -0.349 e. The number of urea groups is 1. The number of anilines is 1. The molecule has 0 saturated carbocycles. The van der Waals surface area contributed by atoms with Gasteiger partial charge in [-0.3, -0.25) is 4.79 Å². The number of amides is 3. The van der Waals surface area contributed by atoms with Gasteiger partial charge in [0, 0.05) is 29.4 Å². The molecule has 2 N–H and O–H groups in total. The normalized spacial score (nSPS) is 23.4. The Labute approximate surface area is 172 Å². The van der Waals surface area contributed by atoms with E-state index in [1.165, 1.54) is 0 Å². The Morgan fingerprint density at radius 1 is 0.931 bits per heavy atom. The highest BCUT2D eigenvalue weighted by Crippen LogP contribution is 2.34. The number of hydrogen-bond donors (Lipinski definition) is 2. The van der Waals surface area contributed by atoms with Gasteiger partial charge in [0.15, 0.2) is 0 Å². The van der Waals surface area contributed by atoms with Crippen LogP contribution in [-0.2, 0) is 0 Å². The molecule has 2 fully saturated rings. The zero-order valence-corrected chi connectivity index (χ0v) is 17.2. The van der Waals surface area contributed by atoms with Crippen LogP contribution in [0.3, 0.4) is 0 Å². The molecule has 0 unspecified atom stereocenters. The second-order valence-electron chi connectivity index (χ2n) is 8.45. The lowest BCUT2D eigenvalue weighted by atomic mass is 9.82. The van der Waals surface area contributed by atoms with Gasteiger partial charge in [0.1, 0.15) is 0 Å². The van der Waals surface area contributed by atoms with E-state index in [-0.39, 0.29) is 30.1 Å². The van der Waals surface area contributed by atoms with Gasteiger partial charge in [-0.05, 0) is 75.8 Å². The smallest absolute Gasteiger partial charge is 0.322 e. The number of nitrogens with one attached hydrogen (secondary N) is 2. The van der Waals surface area contributed by atoms with Gasteiger partial charge in [-0.15, -0.1) is 0 Å². The van der Waals surface area contributed by atoms with Crippen LogP contribution < -0.4 is 10.6 Å². The van der Waals surface area contributed by atoms with Gasteiger partial charge in [-0.1, -0.05) is 29.8 Å². The summed E-state index contributed by atoms with van der Waals surface area (Å²) in [6.45, 7) is 4.03. The fraction of sp³-hybridized carbons (Fsp3) is 0.417. The van der Waals surface area contributed by atoms with Crippen molar-refractivity contribution in [2.45, 2.75) is 64.1 Å². The van der Waals surface area contributed by atoms with Gasteiger partial charge < -0.3 is 15.5 Å². The van der Waals surface area contributed by atoms with E-state index in [9.17, 15) is 9.59 Å². The molecule has 2 aliphatic rings. The van der Waals surface area contributed by atoms with Crippen molar-refractivity contribution >= 4 is 17.6 Å². The second-order valence-corrected chi connectivity index (χ2v) is 8.45. The third-order valence-corrected chi connectivity index (χ3v) is 6.13. The molecule has 5 heteroatoms. The van der Waals surface area contributed by atoms with Crippen LogP contribution in [-0.4, -0.2) is 35.0 Å². The van der Waals surface area contributed by atoms with E-state index in [0.29, 0.717) is 5.56 Å². The van der Waals surface area contributed by atoms with Crippen molar-refractivity contribution in [2.75, 3.05) is 5.32 Å². The number of piperidine rings is 2. The molecule has 29 heavy (non-hydrogen) atoms. The van der Waals surface area contributed by atoms with E-state index in [4.69, 9.17) is 0 Å². The summed E-state index contributed by atoms with van der Waals surface area (Å²) in [5.74, 6) is -0.0225. The lowest BCUT2D eigenvalue weighted by molar-refractivity contribution is 0.0577. The molecule has 152 valence electrons. The number of hydrogen-bond acceptors (Lipinski definition) is 2. The molecule has 2 bridgehead atoms. The first-order valence-electron chi connectivity index (χ1n) is 10.5. The van der Waals surface area contributed by atoms with Crippen LogP contribution in [0.1, 0.15) is 53.6 Å². The van der Waals surface area contributed by atoms with E-state index in [1.807, 2.05) is 67.3 Å². The summed E-state index contributed by atoms with van der Waals surface area (Å²) >= 11 is 0. The molecule has 2 aromatic carbocycles. The fourth-order valence-electron chi connectivity index (χ4n) is 4.72. The molecule has 2 aliphatic heterocycles. The Hall–Kier alpha value is -2.82. The minimum atomic E-state index is -0.0225. The molecule has 2 atom stereocenters. The number of rotatable bonds is 3. The first-order chi connectivity index (χ1) is 14.0. The fourth-order valence-corrected chi connectivity index (χ4v) is 4.72. The van der Waals surface area contributed by atoms with Crippen molar-refractivity contribution in [2.24, 2.45) is 0 Å². The van der Waals surface area contributed by atoms with Crippen LogP contribution in [0.25, 0.3) is 0 Å². The summed E-state index contributed by atoms with van der Waals surface area (Å²) in [5, 5.41) is 6.27. The van der Waals surface area contributed by atoms with Crippen LogP contribution in [0.4, 0.5) is 10.5 Å². The first-order valence-corrected chi connectivity index (χ1v) is 10.5. The van der Waals surface area contributed by atoms with Crippen LogP contribution >= 0.6 is 0 Å². The summed E-state index contributed by atoms with van der Waals surface area (Å²) in [6, 6.07) is 16.0. The third kappa shape index (κ3) is 4.44. The van der Waals surface area contributed by atoms with Gasteiger partial charge in [-0.2, -0.15) is 0 Å². The number of carbonyl (C=O) groups is 2. The number of aryl methyl sites for hydroxylation is 2. The zero-order valence-electron chi connectivity index (χ0n) is 17.2. The standard InChI is InChI=1S/C24H29N3O2/c1-16-9-11-18(12-10-16)23(28)25-20-14-21-7-4-8-22(15-20)27(21)24(29)26-19-6-3-5-17(2)13-19/h3,5-6,9-13,20-22H,4,7-8,14-15H2,1-2H3,(H,25,28)(H,26,29)/t21-,22-/m0/s1. The predicted molar refractivity (Wildman–Crippen MR) is 115 cm³/mol. The Balaban J connectivity index is 1.41. The maximum atomic E-state index is 13.0. The van der Waals surface area contributed by atoms with E-state index in [1.54, 1.807) is 0 Å². The lowest BCUT2D eigenvalue weighted by Crippen LogP contribution is -2.59. The molecule has 3 amide bonds. The van der Waals surface area contributed by atoms with Gasteiger partial charge in [-0.25, -0.2) is 4.79 Å². The topological polar surface area (TPSA) is 61.4 Å². The Bertz CT molecular complexity index is 879. The number of nitrogens with zero attached hydrogens (tertiary/aromatic N) is 1. The van der Waals surface area contributed by atoms with E-state index in [2.05, 4.69) is 10.6 Å². The Kier molecular flexibility index (Phi) is 5.56. The molecule has 0 aliphatic carbocycles. The van der Waals surface area contributed by atoms with Gasteiger partial charge in [0.05, 0.1) is 0 Å². The molecule has 0 aromatic heterocycles. The van der Waals surface area contributed by atoms with Crippen molar-refractivity contribution < 1.29 is 9.59 Å². The average molecular weight is 392 g/mol. The molecule has 0 spiro atoms. The third-order valence-electron chi connectivity index (χ3n) is 6.13. The molecule has 4 rings (SSSR count). The lowest BCUT2D eigenvalue weighted by Gasteiger charge is -2.48.